The van der Waals surface area contributed by atoms with Crippen molar-refractivity contribution in [2.45, 2.75) is 0 Å². The Morgan fingerprint density at radius 1 is 0.943 bits per heavy atom. The summed E-state index contributed by atoms with van der Waals surface area (Å²) in [5.74, 6) is 1.42. The number of methoxy groups -OCH3 is 1. The molecule has 1 aliphatic heterocycles. The van der Waals surface area contributed by atoms with E-state index in [1.54, 1.807) is 24.2 Å². The maximum Gasteiger partial charge on any atom is 0.259 e. The molecule has 0 bridgehead atoms. The van der Waals surface area contributed by atoms with Crippen LogP contribution in [0.2, 0.25) is 0 Å². The topological polar surface area (TPSA) is 75.5 Å². The molecule has 5 rings (SSSR count). The van der Waals surface area contributed by atoms with Crippen LogP contribution in [-0.4, -0.2) is 65.9 Å². The second kappa shape index (κ2) is 9.99. The number of amides is 1. The number of benzene rings is 2. The molecule has 0 radical (unpaired) electrons. The SMILES string of the molecule is COc1ccc(-c2nn(-c3ccccc3)cc2C(=O)Nc2ccc(N3CCN(C)CC3)nc2)cc1. The van der Waals surface area contributed by atoms with E-state index in [0.717, 1.165) is 49.0 Å². The summed E-state index contributed by atoms with van der Waals surface area (Å²) in [6.07, 6.45) is 3.47. The van der Waals surface area contributed by atoms with Crippen molar-refractivity contribution >= 4 is 17.4 Å². The number of hydrogen-bond acceptors (Lipinski definition) is 6. The average Bonchev–Trinajstić information content (AvgIpc) is 3.36. The summed E-state index contributed by atoms with van der Waals surface area (Å²) in [5, 5.41) is 7.73. The van der Waals surface area contributed by atoms with Crippen LogP contribution in [0, 0.1) is 0 Å². The molecule has 35 heavy (non-hydrogen) atoms. The van der Waals surface area contributed by atoms with Gasteiger partial charge in [-0.15, -0.1) is 0 Å². The van der Waals surface area contributed by atoms with Gasteiger partial charge in [0.1, 0.15) is 17.3 Å². The smallest absolute Gasteiger partial charge is 0.259 e. The Bertz CT molecular complexity index is 1280. The molecule has 1 aliphatic rings. The summed E-state index contributed by atoms with van der Waals surface area (Å²) >= 11 is 0. The van der Waals surface area contributed by atoms with Gasteiger partial charge >= 0.3 is 0 Å². The standard InChI is InChI=1S/C27H28N6O2/c1-31-14-16-32(17-15-31)25-13-10-21(18-28-25)29-27(34)24-19-33(22-6-4-3-5-7-22)30-26(24)20-8-11-23(35-2)12-9-20/h3-13,18-19H,14-17H2,1-2H3,(H,29,34). The largest absolute Gasteiger partial charge is 0.497 e. The minimum absolute atomic E-state index is 0.243. The lowest BCUT2D eigenvalue weighted by molar-refractivity contribution is 0.102. The van der Waals surface area contributed by atoms with Crippen molar-refractivity contribution in [2.75, 3.05) is 50.6 Å². The molecule has 0 unspecified atom stereocenters. The van der Waals surface area contributed by atoms with E-state index in [9.17, 15) is 4.79 Å². The molecular formula is C27H28N6O2. The fourth-order valence-electron chi connectivity index (χ4n) is 4.10. The number of nitrogens with one attached hydrogen (secondary N) is 1. The minimum Gasteiger partial charge on any atom is -0.497 e. The minimum atomic E-state index is -0.243. The first-order valence-corrected chi connectivity index (χ1v) is 11.6. The third kappa shape index (κ3) is 5.02. The Kier molecular flexibility index (Phi) is 6.45. The molecule has 1 fully saturated rings. The summed E-state index contributed by atoms with van der Waals surface area (Å²) in [7, 11) is 3.75. The Morgan fingerprint density at radius 2 is 1.69 bits per heavy atom. The van der Waals surface area contributed by atoms with Crippen LogP contribution in [0.15, 0.2) is 79.1 Å². The normalized spacial score (nSPS) is 14.1. The van der Waals surface area contributed by atoms with Gasteiger partial charge < -0.3 is 19.9 Å². The van der Waals surface area contributed by atoms with Crippen LogP contribution >= 0.6 is 0 Å². The van der Waals surface area contributed by atoms with Gasteiger partial charge in [0.05, 0.1) is 30.2 Å². The van der Waals surface area contributed by atoms with Crippen molar-refractivity contribution in [1.82, 2.24) is 19.7 Å². The van der Waals surface area contributed by atoms with E-state index in [1.165, 1.54) is 0 Å². The fraction of sp³-hybridized carbons (Fsp3) is 0.222. The van der Waals surface area contributed by atoms with Gasteiger partial charge in [0.15, 0.2) is 0 Å². The highest BCUT2D eigenvalue weighted by Gasteiger charge is 2.20. The first kappa shape index (κ1) is 22.6. The quantitative estimate of drug-likeness (QED) is 0.462. The summed E-state index contributed by atoms with van der Waals surface area (Å²) in [6, 6.07) is 21.1. The van der Waals surface area contributed by atoms with Crippen molar-refractivity contribution in [3.8, 4) is 22.7 Å². The number of carbonyl (C=O) groups excluding carboxylic acids is 1. The summed E-state index contributed by atoms with van der Waals surface area (Å²) in [6.45, 7) is 3.91. The van der Waals surface area contributed by atoms with Crippen molar-refractivity contribution < 1.29 is 9.53 Å². The molecule has 2 aromatic heterocycles. The molecule has 1 amide bonds. The van der Waals surface area contributed by atoms with Gasteiger partial charge in [-0.1, -0.05) is 18.2 Å². The molecule has 178 valence electrons. The lowest BCUT2D eigenvalue weighted by atomic mass is 10.1. The number of para-hydroxylation sites is 1. The zero-order chi connectivity index (χ0) is 24.2. The van der Waals surface area contributed by atoms with Crippen LogP contribution in [0.3, 0.4) is 0 Å². The van der Waals surface area contributed by atoms with E-state index in [2.05, 4.69) is 27.1 Å². The predicted octanol–water partition coefficient (Wildman–Crippen LogP) is 3.95. The van der Waals surface area contributed by atoms with Crippen LogP contribution in [0.4, 0.5) is 11.5 Å². The highest BCUT2D eigenvalue weighted by Crippen LogP contribution is 2.27. The predicted molar refractivity (Wildman–Crippen MR) is 137 cm³/mol. The monoisotopic (exact) mass is 468 g/mol. The number of piperazine rings is 1. The molecule has 0 atom stereocenters. The van der Waals surface area contributed by atoms with Gasteiger partial charge in [0, 0.05) is 37.9 Å². The van der Waals surface area contributed by atoms with E-state index in [-0.39, 0.29) is 5.91 Å². The summed E-state index contributed by atoms with van der Waals surface area (Å²) in [4.78, 5) is 22.5. The van der Waals surface area contributed by atoms with Crippen LogP contribution in [0.25, 0.3) is 16.9 Å². The van der Waals surface area contributed by atoms with E-state index in [4.69, 9.17) is 9.84 Å². The van der Waals surface area contributed by atoms with Crippen molar-refractivity contribution in [3.05, 3.63) is 84.7 Å². The number of carbonyl (C=O) groups is 1. The molecule has 4 aromatic rings. The van der Waals surface area contributed by atoms with Gasteiger partial charge in [-0.25, -0.2) is 9.67 Å². The van der Waals surface area contributed by atoms with Crippen LogP contribution in [0.1, 0.15) is 10.4 Å². The fourth-order valence-corrected chi connectivity index (χ4v) is 4.10. The Labute approximate surface area is 204 Å². The highest BCUT2D eigenvalue weighted by atomic mass is 16.5. The van der Waals surface area contributed by atoms with E-state index >= 15 is 0 Å². The third-order valence-electron chi connectivity index (χ3n) is 6.18. The Morgan fingerprint density at radius 3 is 2.34 bits per heavy atom. The van der Waals surface area contributed by atoms with Gasteiger partial charge in [0.25, 0.3) is 5.91 Å². The maximum atomic E-state index is 13.4. The number of anilines is 2. The van der Waals surface area contributed by atoms with Crippen LogP contribution < -0.4 is 15.0 Å². The van der Waals surface area contributed by atoms with Gasteiger partial charge in [-0.3, -0.25) is 4.79 Å². The lowest BCUT2D eigenvalue weighted by Crippen LogP contribution is -2.44. The Balaban J connectivity index is 1.40. The van der Waals surface area contributed by atoms with Crippen molar-refractivity contribution in [2.24, 2.45) is 0 Å². The first-order chi connectivity index (χ1) is 17.1. The average molecular weight is 469 g/mol. The summed E-state index contributed by atoms with van der Waals surface area (Å²) < 4.78 is 7.00. The summed E-state index contributed by atoms with van der Waals surface area (Å²) in [5.41, 5.74) is 3.41. The molecule has 2 aromatic carbocycles. The number of pyridine rings is 1. The first-order valence-electron chi connectivity index (χ1n) is 11.6. The molecule has 0 aliphatic carbocycles. The van der Waals surface area contributed by atoms with Crippen LogP contribution in [-0.2, 0) is 0 Å². The van der Waals surface area contributed by atoms with E-state index < -0.39 is 0 Å². The molecule has 8 nitrogen and oxygen atoms in total. The van der Waals surface area contributed by atoms with Crippen molar-refractivity contribution in [3.63, 3.8) is 0 Å². The third-order valence-corrected chi connectivity index (χ3v) is 6.18. The number of hydrogen-bond donors (Lipinski definition) is 1. The van der Waals surface area contributed by atoms with Crippen LogP contribution in [0.5, 0.6) is 5.75 Å². The number of aromatic nitrogens is 3. The zero-order valence-electron chi connectivity index (χ0n) is 19.9. The zero-order valence-corrected chi connectivity index (χ0v) is 19.9. The molecule has 1 saturated heterocycles. The number of rotatable bonds is 6. The lowest BCUT2D eigenvalue weighted by Gasteiger charge is -2.33. The van der Waals surface area contributed by atoms with Gasteiger partial charge in [0.2, 0.25) is 0 Å². The Hall–Kier alpha value is -4.17. The molecule has 3 heterocycles. The second-order valence-corrected chi connectivity index (χ2v) is 8.55. The second-order valence-electron chi connectivity index (χ2n) is 8.55. The number of likely N-dealkylation sites (N-methyl/N-ethyl adjacent to an activating group) is 1. The van der Waals surface area contributed by atoms with E-state index in [0.29, 0.717) is 16.9 Å². The number of nitrogens with zero attached hydrogens (tertiary/aromatic N) is 5. The molecular weight excluding hydrogens is 440 g/mol. The number of ether oxygens (including phenoxy) is 1. The van der Waals surface area contributed by atoms with E-state index in [1.807, 2.05) is 66.7 Å². The van der Waals surface area contributed by atoms with Crippen molar-refractivity contribution in [1.29, 1.82) is 0 Å². The molecule has 8 heteroatoms. The molecule has 1 N–H and O–H groups in total. The molecule has 0 saturated carbocycles. The maximum absolute atomic E-state index is 13.4. The molecule has 0 spiro atoms. The van der Waals surface area contributed by atoms with Gasteiger partial charge in [-0.2, -0.15) is 5.10 Å². The highest BCUT2D eigenvalue weighted by molar-refractivity contribution is 6.08. The van der Waals surface area contributed by atoms with Gasteiger partial charge in [-0.05, 0) is 55.6 Å².